The van der Waals surface area contributed by atoms with Crippen molar-refractivity contribution in [1.82, 2.24) is 10.3 Å². The van der Waals surface area contributed by atoms with Gasteiger partial charge in [-0.3, -0.25) is 9.78 Å². The maximum absolute atomic E-state index is 12.6. The maximum Gasteiger partial charge on any atom is 0.251 e. The Balaban J connectivity index is 1.43. The molecule has 1 aromatic heterocycles. The predicted octanol–water partition coefficient (Wildman–Crippen LogP) is 3.94. The van der Waals surface area contributed by atoms with E-state index in [2.05, 4.69) is 10.3 Å². The fraction of sp³-hybridized carbons (Fsp3) is 0.217. The van der Waals surface area contributed by atoms with E-state index in [9.17, 15) is 4.79 Å². The fourth-order valence-electron chi connectivity index (χ4n) is 3.29. The standard InChI is InChI=1S/C23H22N2O3/c1-15-10-11-20(16(2)25-15)17-6-5-7-18(12-17)23(26)24-13-19-14-27-21-8-3-4-9-22(21)28-19/h3-12,19H,13-14H2,1-2H3,(H,24,26). The van der Waals surface area contributed by atoms with Gasteiger partial charge in [0.05, 0.1) is 6.54 Å². The molecule has 0 fully saturated rings. The number of aromatic nitrogens is 1. The number of fused-ring (bicyclic) bond motifs is 1. The first kappa shape index (κ1) is 18.0. The van der Waals surface area contributed by atoms with Crippen LogP contribution in [0.4, 0.5) is 0 Å². The van der Waals surface area contributed by atoms with Crippen LogP contribution >= 0.6 is 0 Å². The maximum atomic E-state index is 12.6. The number of rotatable bonds is 4. The van der Waals surface area contributed by atoms with E-state index in [1.54, 1.807) is 0 Å². The van der Waals surface area contributed by atoms with Crippen LogP contribution in [0.5, 0.6) is 11.5 Å². The summed E-state index contributed by atoms with van der Waals surface area (Å²) in [4.78, 5) is 17.1. The number of hydrogen-bond acceptors (Lipinski definition) is 4. The average Bonchev–Trinajstić information content (AvgIpc) is 2.72. The molecule has 4 rings (SSSR count). The number of para-hydroxylation sites is 2. The number of nitrogens with one attached hydrogen (secondary N) is 1. The Labute approximate surface area is 164 Å². The van der Waals surface area contributed by atoms with Crippen LogP contribution in [0.3, 0.4) is 0 Å². The Hall–Kier alpha value is -3.34. The largest absolute Gasteiger partial charge is 0.486 e. The summed E-state index contributed by atoms with van der Waals surface area (Å²) >= 11 is 0. The molecule has 0 saturated heterocycles. The van der Waals surface area contributed by atoms with E-state index in [-0.39, 0.29) is 12.0 Å². The van der Waals surface area contributed by atoms with Crippen molar-refractivity contribution in [2.24, 2.45) is 0 Å². The topological polar surface area (TPSA) is 60.5 Å². The fourth-order valence-corrected chi connectivity index (χ4v) is 3.29. The molecule has 0 saturated carbocycles. The van der Waals surface area contributed by atoms with Crippen molar-refractivity contribution in [3.8, 4) is 22.6 Å². The Morgan fingerprint density at radius 1 is 1.07 bits per heavy atom. The van der Waals surface area contributed by atoms with E-state index < -0.39 is 0 Å². The van der Waals surface area contributed by atoms with Gasteiger partial charge in [0.15, 0.2) is 11.5 Å². The molecule has 1 unspecified atom stereocenters. The molecular weight excluding hydrogens is 352 g/mol. The summed E-state index contributed by atoms with van der Waals surface area (Å²) in [6.07, 6.45) is -0.217. The van der Waals surface area contributed by atoms with E-state index in [4.69, 9.17) is 9.47 Å². The zero-order valence-corrected chi connectivity index (χ0v) is 15.9. The number of pyridine rings is 1. The van der Waals surface area contributed by atoms with Crippen LogP contribution in [-0.4, -0.2) is 30.1 Å². The summed E-state index contributed by atoms with van der Waals surface area (Å²) in [5.74, 6) is 1.30. The van der Waals surface area contributed by atoms with Gasteiger partial charge in [-0.25, -0.2) is 0 Å². The molecule has 1 amide bonds. The van der Waals surface area contributed by atoms with Crippen LogP contribution < -0.4 is 14.8 Å². The Morgan fingerprint density at radius 3 is 2.71 bits per heavy atom. The highest BCUT2D eigenvalue weighted by molar-refractivity contribution is 5.95. The van der Waals surface area contributed by atoms with Gasteiger partial charge in [-0.2, -0.15) is 0 Å². The number of carbonyl (C=O) groups excluding carboxylic acids is 1. The summed E-state index contributed by atoms with van der Waals surface area (Å²) in [5, 5.41) is 2.94. The molecule has 2 aromatic carbocycles. The SMILES string of the molecule is Cc1ccc(-c2cccc(C(=O)NCC3COc4ccccc4O3)c2)c(C)n1. The van der Waals surface area contributed by atoms with Gasteiger partial charge in [-0.05, 0) is 49.7 Å². The second-order valence-corrected chi connectivity index (χ2v) is 6.87. The highest BCUT2D eigenvalue weighted by atomic mass is 16.6. The lowest BCUT2D eigenvalue weighted by molar-refractivity contribution is 0.0789. The highest BCUT2D eigenvalue weighted by Crippen LogP contribution is 2.30. The number of ether oxygens (including phenoxy) is 2. The summed E-state index contributed by atoms with van der Waals surface area (Å²) in [5.41, 5.74) is 4.54. The smallest absolute Gasteiger partial charge is 0.251 e. The number of benzene rings is 2. The van der Waals surface area contributed by atoms with Crippen molar-refractivity contribution in [3.63, 3.8) is 0 Å². The van der Waals surface area contributed by atoms with Crippen LogP contribution in [0.1, 0.15) is 21.7 Å². The molecule has 1 aliphatic heterocycles. The van der Waals surface area contributed by atoms with Gasteiger partial charge in [-0.15, -0.1) is 0 Å². The normalized spacial score (nSPS) is 15.1. The lowest BCUT2D eigenvalue weighted by Gasteiger charge is -2.26. The van der Waals surface area contributed by atoms with Crippen LogP contribution in [-0.2, 0) is 0 Å². The van der Waals surface area contributed by atoms with Gasteiger partial charge < -0.3 is 14.8 Å². The monoisotopic (exact) mass is 374 g/mol. The third-order valence-corrected chi connectivity index (χ3v) is 4.72. The lowest BCUT2D eigenvalue weighted by atomic mass is 10.0. The molecule has 142 valence electrons. The summed E-state index contributed by atoms with van der Waals surface area (Å²) in [7, 11) is 0. The van der Waals surface area contributed by atoms with Crippen molar-refractivity contribution in [2.45, 2.75) is 20.0 Å². The van der Waals surface area contributed by atoms with Gasteiger partial charge >= 0.3 is 0 Å². The van der Waals surface area contributed by atoms with Crippen molar-refractivity contribution in [1.29, 1.82) is 0 Å². The number of amides is 1. The minimum Gasteiger partial charge on any atom is -0.486 e. The number of nitrogens with zero attached hydrogens (tertiary/aromatic N) is 1. The molecule has 5 heteroatoms. The number of aryl methyl sites for hydroxylation is 2. The van der Waals surface area contributed by atoms with Crippen LogP contribution in [0.2, 0.25) is 0 Å². The molecule has 1 aliphatic rings. The summed E-state index contributed by atoms with van der Waals surface area (Å²) in [6.45, 7) is 4.73. The zero-order chi connectivity index (χ0) is 19.5. The van der Waals surface area contributed by atoms with Gasteiger partial charge in [-0.1, -0.05) is 30.3 Å². The zero-order valence-electron chi connectivity index (χ0n) is 15.9. The highest BCUT2D eigenvalue weighted by Gasteiger charge is 2.21. The van der Waals surface area contributed by atoms with Gasteiger partial charge in [0, 0.05) is 22.5 Å². The van der Waals surface area contributed by atoms with Gasteiger partial charge in [0.1, 0.15) is 12.7 Å². The second-order valence-electron chi connectivity index (χ2n) is 6.87. The van der Waals surface area contributed by atoms with Crippen LogP contribution in [0.25, 0.3) is 11.1 Å². The van der Waals surface area contributed by atoms with E-state index in [1.165, 1.54) is 0 Å². The summed E-state index contributed by atoms with van der Waals surface area (Å²) in [6, 6.07) is 19.1. The molecule has 1 atom stereocenters. The molecule has 0 bridgehead atoms. The second kappa shape index (κ2) is 7.72. The molecule has 5 nitrogen and oxygen atoms in total. The number of hydrogen-bond donors (Lipinski definition) is 1. The Morgan fingerprint density at radius 2 is 1.89 bits per heavy atom. The quantitative estimate of drug-likeness (QED) is 0.752. The van der Waals surface area contributed by atoms with Gasteiger partial charge in [0.2, 0.25) is 0 Å². The Bertz CT molecular complexity index is 1020. The van der Waals surface area contributed by atoms with Crippen molar-refractivity contribution >= 4 is 5.91 Å². The van der Waals surface area contributed by atoms with E-state index in [0.717, 1.165) is 28.3 Å². The van der Waals surface area contributed by atoms with Crippen LogP contribution in [0, 0.1) is 13.8 Å². The average molecular weight is 374 g/mol. The van der Waals surface area contributed by atoms with Gasteiger partial charge in [0.25, 0.3) is 5.91 Å². The lowest BCUT2D eigenvalue weighted by Crippen LogP contribution is -2.40. The van der Waals surface area contributed by atoms with E-state index in [0.29, 0.717) is 24.5 Å². The van der Waals surface area contributed by atoms with Crippen LogP contribution in [0.15, 0.2) is 60.7 Å². The predicted molar refractivity (Wildman–Crippen MR) is 108 cm³/mol. The molecule has 0 aliphatic carbocycles. The molecule has 0 spiro atoms. The van der Waals surface area contributed by atoms with Crippen molar-refractivity contribution < 1.29 is 14.3 Å². The first-order chi connectivity index (χ1) is 13.6. The van der Waals surface area contributed by atoms with E-state index >= 15 is 0 Å². The summed E-state index contributed by atoms with van der Waals surface area (Å²) < 4.78 is 11.6. The van der Waals surface area contributed by atoms with Crippen molar-refractivity contribution in [2.75, 3.05) is 13.2 Å². The Kier molecular flexibility index (Phi) is 4.98. The third kappa shape index (κ3) is 3.83. The minimum absolute atomic E-state index is 0.137. The molecule has 0 radical (unpaired) electrons. The minimum atomic E-state index is -0.217. The number of carbonyl (C=O) groups is 1. The van der Waals surface area contributed by atoms with E-state index in [1.807, 2.05) is 74.5 Å². The molecule has 1 N–H and O–H groups in total. The third-order valence-electron chi connectivity index (χ3n) is 4.72. The molecular formula is C23H22N2O3. The first-order valence-electron chi connectivity index (χ1n) is 9.31. The van der Waals surface area contributed by atoms with Crippen molar-refractivity contribution in [3.05, 3.63) is 77.6 Å². The molecule has 3 aromatic rings. The first-order valence-corrected chi connectivity index (χ1v) is 9.31. The molecule has 28 heavy (non-hydrogen) atoms. The molecule has 2 heterocycles.